The van der Waals surface area contributed by atoms with E-state index in [0.29, 0.717) is 25.3 Å². The van der Waals surface area contributed by atoms with Crippen LogP contribution in [0, 0.1) is 5.92 Å². The van der Waals surface area contributed by atoms with E-state index in [9.17, 15) is 8.42 Å². The first-order valence-electron chi connectivity index (χ1n) is 6.48. The van der Waals surface area contributed by atoms with Gasteiger partial charge in [-0.15, -0.1) is 0 Å². The van der Waals surface area contributed by atoms with Crippen molar-refractivity contribution >= 4 is 10.0 Å². The van der Waals surface area contributed by atoms with Crippen LogP contribution in [0.1, 0.15) is 25.0 Å². The molecule has 0 unspecified atom stereocenters. The molecule has 0 aliphatic heterocycles. The molecule has 1 aliphatic carbocycles. The van der Waals surface area contributed by atoms with E-state index in [0.717, 1.165) is 12.5 Å². The number of hydrogen-bond acceptors (Lipinski definition) is 5. The number of hydrogen-bond donors (Lipinski definition) is 2. The van der Waals surface area contributed by atoms with Gasteiger partial charge in [0.05, 0.1) is 6.54 Å². The molecule has 7 heteroatoms. The largest absolute Gasteiger partial charge is 0.447 e. The Labute approximate surface area is 113 Å². The quantitative estimate of drug-likeness (QED) is 0.656. The second-order valence-electron chi connectivity index (χ2n) is 4.69. The van der Waals surface area contributed by atoms with Crippen LogP contribution in [-0.4, -0.2) is 28.2 Å². The molecule has 1 fully saturated rings. The maximum atomic E-state index is 11.8. The van der Waals surface area contributed by atoms with Gasteiger partial charge in [-0.1, -0.05) is 0 Å². The zero-order chi connectivity index (χ0) is 13.7. The Morgan fingerprint density at radius 2 is 2.21 bits per heavy atom. The van der Waals surface area contributed by atoms with Crippen LogP contribution in [0.5, 0.6) is 0 Å². The highest BCUT2D eigenvalue weighted by molar-refractivity contribution is 7.89. The molecule has 0 spiro atoms. The normalized spacial score (nSPS) is 15.8. The lowest BCUT2D eigenvalue weighted by molar-refractivity contribution is 0.123. The summed E-state index contributed by atoms with van der Waals surface area (Å²) < 4.78 is 36.7. The monoisotopic (exact) mass is 288 g/mol. The molecule has 1 saturated carbocycles. The van der Waals surface area contributed by atoms with Crippen LogP contribution < -0.4 is 10.5 Å². The predicted molar refractivity (Wildman–Crippen MR) is 69.9 cm³/mol. The molecule has 0 aromatic carbocycles. The molecular weight excluding hydrogens is 268 g/mol. The van der Waals surface area contributed by atoms with Crippen molar-refractivity contribution in [2.45, 2.75) is 30.9 Å². The van der Waals surface area contributed by atoms with Crippen molar-refractivity contribution in [3.8, 4) is 0 Å². The van der Waals surface area contributed by atoms with Crippen molar-refractivity contribution in [3.63, 3.8) is 0 Å². The summed E-state index contributed by atoms with van der Waals surface area (Å²) in [5.74, 6) is 1.18. The van der Waals surface area contributed by atoms with Crippen molar-refractivity contribution in [2.24, 2.45) is 11.7 Å². The summed E-state index contributed by atoms with van der Waals surface area (Å²) in [6, 6.07) is 2.97. The Balaban J connectivity index is 1.67. The van der Waals surface area contributed by atoms with Gasteiger partial charge < -0.3 is 14.9 Å². The van der Waals surface area contributed by atoms with E-state index in [1.165, 1.54) is 18.9 Å². The Kier molecular flexibility index (Phi) is 4.98. The average molecular weight is 288 g/mol. The third kappa shape index (κ3) is 4.61. The van der Waals surface area contributed by atoms with Gasteiger partial charge in [0, 0.05) is 19.8 Å². The van der Waals surface area contributed by atoms with Crippen LogP contribution in [0.15, 0.2) is 21.6 Å². The summed E-state index contributed by atoms with van der Waals surface area (Å²) in [6.07, 6.45) is 3.17. The molecule has 0 amide bonds. The van der Waals surface area contributed by atoms with Gasteiger partial charge in [0.25, 0.3) is 10.0 Å². The fourth-order valence-corrected chi connectivity index (χ4v) is 2.62. The van der Waals surface area contributed by atoms with Crippen molar-refractivity contribution in [2.75, 3.05) is 19.8 Å². The molecular formula is C12H20N2O4S. The van der Waals surface area contributed by atoms with Crippen molar-refractivity contribution in [1.82, 2.24) is 4.72 Å². The number of furan rings is 1. The number of rotatable bonds is 9. The zero-order valence-electron chi connectivity index (χ0n) is 10.8. The van der Waals surface area contributed by atoms with Crippen LogP contribution in [-0.2, 0) is 21.3 Å². The fourth-order valence-electron chi connectivity index (χ4n) is 1.60. The molecule has 108 valence electrons. The minimum absolute atomic E-state index is 0.0909. The van der Waals surface area contributed by atoms with Gasteiger partial charge in [0.2, 0.25) is 5.09 Å². The predicted octanol–water partition coefficient (Wildman–Crippen LogP) is 0.833. The lowest BCUT2D eigenvalue weighted by atomic mass is 10.4. The summed E-state index contributed by atoms with van der Waals surface area (Å²) in [6.45, 7) is 1.90. The average Bonchev–Trinajstić information content (AvgIpc) is 3.07. The van der Waals surface area contributed by atoms with E-state index < -0.39 is 10.0 Å². The fraction of sp³-hybridized carbons (Fsp3) is 0.667. The van der Waals surface area contributed by atoms with E-state index in [2.05, 4.69) is 4.72 Å². The van der Waals surface area contributed by atoms with Crippen LogP contribution >= 0.6 is 0 Å². The number of sulfonamides is 1. The summed E-state index contributed by atoms with van der Waals surface area (Å²) in [5, 5.41) is -0.0909. The third-order valence-corrected chi connectivity index (χ3v) is 4.24. The van der Waals surface area contributed by atoms with Gasteiger partial charge in [-0.3, -0.25) is 0 Å². The Morgan fingerprint density at radius 3 is 2.84 bits per heavy atom. The first kappa shape index (κ1) is 14.5. The van der Waals surface area contributed by atoms with Gasteiger partial charge in [0.1, 0.15) is 5.76 Å². The van der Waals surface area contributed by atoms with Crippen LogP contribution in [0.4, 0.5) is 0 Å². The zero-order valence-corrected chi connectivity index (χ0v) is 11.6. The second kappa shape index (κ2) is 6.51. The molecule has 19 heavy (non-hydrogen) atoms. The molecule has 1 aromatic rings. The molecule has 0 atom stereocenters. The smallest absolute Gasteiger partial charge is 0.273 e. The number of nitrogens with one attached hydrogen (secondary N) is 1. The SMILES string of the molecule is NCc1ccc(S(=O)(=O)NCCCOCC2CC2)o1. The molecule has 1 aromatic heterocycles. The molecule has 6 nitrogen and oxygen atoms in total. The number of ether oxygens (including phenoxy) is 1. The molecule has 1 heterocycles. The van der Waals surface area contributed by atoms with Gasteiger partial charge in [-0.05, 0) is 37.3 Å². The minimum Gasteiger partial charge on any atom is -0.447 e. The second-order valence-corrected chi connectivity index (χ2v) is 6.39. The highest BCUT2D eigenvalue weighted by Gasteiger charge is 2.21. The summed E-state index contributed by atoms with van der Waals surface area (Å²) in [5.41, 5.74) is 5.37. The maximum Gasteiger partial charge on any atom is 0.273 e. The highest BCUT2D eigenvalue weighted by atomic mass is 32.2. The summed E-state index contributed by atoms with van der Waals surface area (Å²) in [7, 11) is -3.57. The molecule has 3 N–H and O–H groups in total. The van der Waals surface area contributed by atoms with Crippen LogP contribution in [0.3, 0.4) is 0 Å². The first-order valence-corrected chi connectivity index (χ1v) is 7.96. The minimum atomic E-state index is -3.57. The highest BCUT2D eigenvalue weighted by Crippen LogP contribution is 2.28. The van der Waals surface area contributed by atoms with E-state index in [1.807, 2.05) is 0 Å². The van der Waals surface area contributed by atoms with Crippen molar-refractivity contribution in [3.05, 3.63) is 17.9 Å². The molecule has 2 rings (SSSR count). The Hall–Kier alpha value is -0.890. The third-order valence-electron chi connectivity index (χ3n) is 2.91. The topological polar surface area (TPSA) is 94.6 Å². The molecule has 0 radical (unpaired) electrons. The van der Waals surface area contributed by atoms with E-state index in [1.54, 1.807) is 6.07 Å². The molecule has 1 aliphatic rings. The van der Waals surface area contributed by atoms with Gasteiger partial charge in [-0.2, -0.15) is 0 Å². The van der Waals surface area contributed by atoms with E-state index in [-0.39, 0.29) is 11.6 Å². The number of nitrogens with two attached hydrogens (primary N) is 1. The van der Waals surface area contributed by atoms with E-state index >= 15 is 0 Å². The van der Waals surface area contributed by atoms with Gasteiger partial charge in [0.15, 0.2) is 0 Å². The standard InChI is InChI=1S/C12H20N2O4S/c13-8-11-4-5-12(18-11)19(15,16)14-6-1-7-17-9-10-2-3-10/h4-5,10,14H,1-3,6-9,13H2. The summed E-state index contributed by atoms with van der Waals surface area (Å²) >= 11 is 0. The van der Waals surface area contributed by atoms with Gasteiger partial charge in [-0.25, -0.2) is 13.1 Å². The Morgan fingerprint density at radius 1 is 1.42 bits per heavy atom. The summed E-state index contributed by atoms with van der Waals surface area (Å²) in [4.78, 5) is 0. The maximum absolute atomic E-state index is 11.8. The van der Waals surface area contributed by atoms with Crippen molar-refractivity contribution in [1.29, 1.82) is 0 Å². The van der Waals surface area contributed by atoms with E-state index in [4.69, 9.17) is 14.9 Å². The van der Waals surface area contributed by atoms with Gasteiger partial charge >= 0.3 is 0 Å². The first-order chi connectivity index (χ1) is 9.12. The lowest BCUT2D eigenvalue weighted by Gasteiger charge is -2.05. The van der Waals surface area contributed by atoms with Crippen molar-refractivity contribution < 1.29 is 17.6 Å². The molecule has 0 saturated heterocycles. The molecule has 0 bridgehead atoms. The lowest BCUT2D eigenvalue weighted by Crippen LogP contribution is -2.25. The Bertz CT molecular complexity index is 494. The van der Waals surface area contributed by atoms with Crippen LogP contribution in [0.2, 0.25) is 0 Å². The van der Waals surface area contributed by atoms with Crippen LogP contribution in [0.25, 0.3) is 0 Å².